The van der Waals surface area contributed by atoms with Gasteiger partial charge in [0.2, 0.25) is 0 Å². The van der Waals surface area contributed by atoms with Crippen LogP contribution in [0.15, 0.2) is 4.30 Å². The molecule has 0 spiro atoms. The number of hydrogen-bond donors (Lipinski definition) is 3. The van der Waals surface area contributed by atoms with Crippen molar-refractivity contribution in [1.29, 1.82) is 0 Å². The topological polar surface area (TPSA) is 217 Å². The van der Waals surface area contributed by atoms with Gasteiger partial charge in [-0.25, -0.2) is 0 Å². The van der Waals surface area contributed by atoms with Crippen LogP contribution < -0.4 is 138 Å². The van der Waals surface area contributed by atoms with Crippen LogP contribution in [0.2, 0.25) is 0 Å². The van der Waals surface area contributed by atoms with Crippen LogP contribution in [-0.4, -0.2) is 135 Å². The van der Waals surface area contributed by atoms with Gasteiger partial charge in [0.15, 0.2) is 5.05 Å². The van der Waals surface area contributed by atoms with E-state index in [1.165, 1.54) is 35.0 Å². The van der Waals surface area contributed by atoms with Crippen molar-refractivity contribution < 1.29 is 216 Å². The monoisotopic (exact) mass is 1110 g/mol. The predicted molar refractivity (Wildman–Crippen MR) is 222 cm³/mol. The molecule has 0 unspecified atom stereocenters. The average Bonchev–Trinajstić information content (AvgIpc) is 3.04. The van der Waals surface area contributed by atoms with E-state index in [4.69, 9.17) is 29.9 Å². The molecule has 0 saturated heterocycles. The predicted octanol–water partition coefficient (Wildman–Crippen LogP) is -3.03. The van der Waals surface area contributed by atoms with Crippen molar-refractivity contribution >= 4 is 126 Å². The van der Waals surface area contributed by atoms with Crippen LogP contribution in [0.4, 0.5) is 13.2 Å². The number of carboxylic acids is 1. The fourth-order valence-electron chi connectivity index (χ4n) is 0. The second-order valence-electron chi connectivity index (χ2n) is 5.59. The van der Waals surface area contributed by atoms with Gasteiger partial charge in [-0.15, -0.1) is 17.0 Å². The molecular formula is C27H64B2Br3F3K2NNaO14S2. The van der Waals surface area contributed by atoms with E-state index in [0.717, 1.165) is 37.6 Å². The van der Waals surface area contributed by atoms with Crippen molar-refractivity contribution in [2.45, 2.75) is 75.3 Å². The zero-order valence-corrected chi connectivity index (χ0v) is 50.9. The second-order valence-corrected chi connectivity index (χ2v) is 8.64. The Hall–Kier alpha value is 3.06. The number of thiocarbonyl (C=S) groups is 1. The molecule has 0 aliphatic rings. The largest absolute Gasteiger partial charge is 1.00 e. The van der Waals surface area contributed by atoms with Crippen molar-refractivity contribution in [1.82, 2.24) is 0 Å². The van der Waals surface area contributed by atoms with Gasteiger partial charge in [0, 0.05) is 81.1 Å². The number of alkyl halides is 5. The molecule has 0 atom stereocenters. The number of aliphatic hydroxyl groups is 1. The summed E-state index contributed by atoms with van der Waals surface area (Å²) in [5.74, 6) is -1.32. The Morgan fingerprint density at radius 1 is 0.909 bits per heavy atom. The Bertz CT molecular complexity index is 602. The molecule has 2 N–H and O–H groups in total. The molecule has 15 nitrogen and oxygen atoms in total. The molecule has 324 valence electrons. The van der Waals surface area contributed by atoms with E-state index in [1.807, 2.05) is 20.8 Å². The molecular weight excluding hydrogens is 1050 g/mol. The number of nitrogens with zero attached hydrogens (tertiary/aromatic N) is 1. The van der Waals surface area contributed by atoms with Gasteiger partial charge >= 0.3 is 175 Å². The summed E-state index contributed by atoms with van der Waals surface area (Å²) >= 11 is 14.0. The summed E-state index contributed by atoms with van der Waals surface area (Å²) in [5.41, 5.74) is 0. The molecule has 28 heteroatoms. The molecule has 0 amide bonds. The Labute approximate surface area is 480 Å². The van der Waals surface area contributed by atoms with Crippen LogP contribution in [0.1, 0.15) is 72.1 Å². The minimum absolute atomic E-state index is 0. The van der Waals surface area contributed by atoms with Gasteiger partial charge in [0.1, 0.15) is 6.29 Å². The molecule has 0 aromatic rings. The summed E-state index contributed by atoms with van der Waals surface area (Å²) in [5, 5.41) is 26.1. The molecule has 0 aromatic carbocycles. The van der Waals surface area contributed by atoms with Gasteiger partial charge in [-0.3, -0.25) is 23.6 Å². The van der Waals surface area contributed by atoms with Gasteiger partial charge in [-0.1, -0.05) is 45.7 Å². The van der Waals surface area contributed by atoms with Gasteiger partial charge in [0.05, 0.1) is 28.5 Å². The minimum atomic E-state index is -2.96. The number of thiol groups is 1. The fourth-order valence-corrected chi connectivity index (χ4v) is 0. The van der Waals surface area contributed by atoms with E-state index >= 15 is 0 Å². The third kappa shape index (κ3) is 875. The number of ether oxygens (including phenoxy) is 5. The molecule has 0 aliphatic heterocycles. The third-order valence-electron chi connectivity index (χ3n) is 1.55. The number of hydrogen-bond acceptors (Lipinski definition) is 16. The van der Waals surface area contributed by atoms with Crippen LogP contribution in [0.5, 0.6) is 0 Å². The number of rotatable bonds is 3. The maximum absolute atomic E-state index is 11.2. The first-order valence-electron chi connectivity index (χ1n) is 13.0. The van der Waals surface area contributed by atoms with Gasteiger partial charge in [-0.05, 0) is 33.0 Å². The molecule has 0 aromatic heterocycles. The number of aliphatic carboxylic acids is 1. The molecule has 0 fully saturated rings. The average molecular weight is 1110 g/mol. The number of aldehydes is 1. The summed E-state index contributed by atoms with van der Waals surface area (Å²) in [6, 6.07) is 0. The Morgan fingerprint density at radius 3 is 1.00 bits per heavy atom. The fraction of sp³-hybridized carbons (Fsp3) is 0.778. The van der Waals surface area contributed by atoms with Gasteiger partial charge in [-0.2, -0.15) is 8.78 Å². The van der Waals surface area contributed by atoms with Crippen LogP contribution in [0.25, 0.3) is 0 Å². The normalized spacial score (nSPS) is 6.09. The van der Waals surface area contributed by atoms with Crippen molar-refractivity contribution in [2.24, 2.45) is 4.30 Å². The molecule has 55 heavy (non-hydrogen) atoms. The smallest absolute Gasteiger partial charge is 1.00 e. The van der Waals surface area contributed by atoms with Crippen molar-refractivity contribution in [3.63, 3.8) is 0 Å². The van der Waals surface area contributed by atoms with Crippen LogP contribution in [0.3, 0.4) is 0 Å². The number of carbonyl (C=O) groups is 5. The number of methoxy groups -OCH3 is 5. The number of aliphatic hydroxyl groups excluding tert-OH is 1. The molecule has 0 saturated carbocycles. The number of halogens is 6. The van der Waals surface area contributed by atoms with E-state index in [1.54, 1.807) is 28.1 Å². The Morgan fingerprint density at radius 2 is 1.00 bits per heavy atom. The van der Waals surface area contributed by atoms with E-state index < -0.39 is 12.1 Å². The van der Waals surface area contributed by atoms with E-state index in [2.05, 4.69) is 97.4 Å². The van der Waals surface area contributed by atoms with Gasteiger partial charge in [0.25, 0.3) is 12.4 Å². The van der Waals surface area contributed by atoms with Crippen molar-refractivity contribution in [2.75, 3.05) is 66.6 Å². The summed E-state index contributed by atoms with van der Waals surface area (Å²) < 4.78 is 55.5. The zero-order valence-electron chi connectivity index (χ0n) is 38.0. The first-order valence-corrected chi connectivity index (χ1v) is 16.1. The zero-order chi connectivity index (χ0) is 44.0. The number of carbonyl (C=O) groups excluding carboxylic acids is 4. The summed E-state index contributed by atoms with van der Waals surface area (Å²) in [6.45, 7) is 16.3. The standard InChI is InChI=1S/C3H6F2O.2C3H6O2.C3H6OS.C3H8O.2C2H5Br.C2H4O2.C2H6O.C2H4O.CH3F.CH2O3.BHNS.B.BrH.2K.Na.2H/c1-3(4,5)6-2;2*1-3(4)5-2;1-3(5)4-2;1-3-4-2;2*1-2-3;1-2(3)4;2*1-2-3;1-2;2-1-4-3;1-2-3;;;;;;;/h1-2H3;3*1-2H3;3H2,1-2H3;2*2H2,1H3;1H3,(H,3,4);3H,2H2,1H3;2H,1H3;1H3;1,3H;3H;;1H;;;;;/q;;;;;;;;;;;;;;;3*+1;2*-1/p-1. The van der Waals surface area contributed by atoms with Crippen LogP contribution >= 0.6 is 73.9 Å². The number of carboxylic acid groups (broad SMARTS) is 1. The Balaban J connectivity index is -0.0000000144. The van der Waals surface area contributed by atoms with Crippen molar-refractivity contribution in [3.8, 4) is 0 Å². The Kier molecular flexibility index (Phi) is 331. The maximum Gasteiger partial charge on any atom is 1.00 e. The number of esters is 2. The summed E-state index contributed by atoms with van der Waals surface area (Å²) in [6.07, 6.45) is -2.21. The van der Waals surface area contributed by atoms with Gasteiger partial charge < -0.3 is 51.7 Å². The summed E-state index contributed by atoms with van der Waals surface area (Å²) in [4.78, 5) is 48.2. The van der Waals surface area contributed by atoms with Crippen LogP contribution in [-0.2, 0) is 52.5 Å². The molecule has 0 aliphatic carbocycles. The molecule has 0 bridgehead atoms. The SMILES string of the molecule is Br.CC(=O)O.CC=O.CCBr.CCBr.CCO.CCOC.CF.COC(C)(F)F.COC(C)=O.COC(C)=O.COC(C)=S.O=CO[O-].[B].[B]=NS.[H-].[H-].[K+].[K+].[Na+]. The first-order chi connectivity index (χ1) is 23.0. The van der Waals surface area contributed by atoms with Crippen LogP contribution in [0, 0.1) is 0 Å². The second kappa shape index (κ2) is 155. The maximum atomic E-state index is 11.2. The molecule has 4 radical (unpaired) electrons. The minimum Gasteiger partial charge on any atom is -1.00 e. The summed E-state index contributed by atoms with van der Waals surface area (Å²) in [7, 11) is 11.7. The van der Waals surface area contributed by atoms with E-state index in [9.17, 15) is 22.8 Å². The first kappa shape index (κ1) is 118. The van der Waals surface area contributed by atoms with Crippen molar-refractivity contribution in [3.05, 3.63) is 0 Å². The van der Waals surface area contributed by atoms with E-state index in [0.29, 0.717) is 19.2 Å². The third-order valence-corrected chi connectivity index (χ3v) is 1.72. The quantitative estimate of drug-likeness (QED) is 0.0375. The van der Waals surface area contributed by atoms with E-state index in [-0.39, 0.29) is 186 Å². The molecule has 0 heterocycles. The molecule has 0 rings (SSSR count).